The Morgan fingerprint density at radius 1 is 0.852 bits per heavy atom. The topological polar surface area (TPSA) is 120 Å². The Morgan fingerprint density at radius 2 is 1.37 bits per heavy atom. The van der Waals surface area contributed by atoms with E-state index in [1.54, 1.807) is 26.1 Å². The van der Waals surface area contributed by atoms with Crippen LogP contribution >= 0.6 is 0 Å². The second kappa shape index (κ2) is 9.42. The molecule has 0 aromatic heterocycles. The summed E-state index contributed by atoms with van der Waals surface area (Å²) in [5.41, 5.74) is -4.46. The van der Waals surface area contributed by atoms with Gasteiger partial charge < -0.3 is 24.8 Å². The van der Waals surface area contributed by atoms with Gasteiger partial charge in [0.1, 0.15) is 18.7 Å². The standard InChI is InChI=1S/C15H23F3N2O7/c1-6-25-9(21)7-19-11(23)14(5,15(16,17)18)26-10(22)8-20-12(24)27-13(2,3)4/h6-8H2,1-5H3,(H,19,23)(H,20,24). The Balaban J connectivity index is 4.94. The molecule has 0 fully saturated rings. The third-order valence-corrected chi connectivity index (χ3v) is 2.77. The number of nitrogens with one attached hydrogen (secondary N) is 2. The molecule has 12 heteroatoms. The first-order valence-electron chi connectivity index (χ1n) is 7.81. The summed E-state index contributed by atoms with van der Waals surface area (Å²) in [5, 5.41) is 3.60. The van der Waals surface area contributed by atoms with Crippen molar-refractivity contribution in [3.05, 3.63) is 0 Å². The zero-order valence-corrected chi connectivity index (χ0v) is 15.6. The molecule has 0 heterocycles. The molecule has 0 bridgehead atoms. The highest BCUT2D eigenvalue weighted by Gasteiger charge is 2.60. The summed E-state index contributed by atoms with van der Waals surface area (Å²) in [4.78, 5) is 46.1. The largest absolute Gasteiger partial charge is 0.465 e. The van der Waals surface area contributed by atoms with Crippen LogP contribution in [-0.2, 0) is 28.6 Å². The SMILES string of the molecule is CCOC(=O)CNC(=O)C(C)(OC(=O)CNC(=O)OC(C)(C)C)C(F)(F)F. The first-order valence-corrected chi connectivity index (χ1v) is 7.81. The monoisotopic (exact) mass is 400 g/mol. The Labute approximate surface area is 153 Å². The van der Waals surface area contributed by atoms with Crippen LogP contribution in [0.3, 0.4) is 0 Å². The first kappa shape index (κ1) is 24.5. The summed E-state index contributed by atoms with van der Waals surface area (Å²) >= 11 is 0. The minimum atomic E-state index is -5.28. The molecule has 0 spiro atoms. The second-order valence-electron chi connectivity index (χ2n) is 6.35. The molecule has 0 saturated heterocycles. The number of ether oxygens (including phenoxy) is 3. The zero-order valence-electron chi connectivity index (χ0n) is 15.6. The predicted octanol–water partition coefficient (Wildman–Crippen LogP) is 1.05. The van der Waals surface area contributed by atoms with E-state index in [2.05, 4.69) is 9.47 Å². The summed E-state index contributed by atoms with van der Waals surface area (Å²) in [6.45, 7) is 4.57. The smallest absolute Gasteiger partial charge is 0.437 e. The van der Waals surface area contributed by atoms with E-state index >= 15 is 0 Å². The maximum atomic E-state index is 13.2. The van der Waals surface area contributed by atoms with E-state index in [0.29, 0.717) is 6.92 Å². The minimum absolute atomic E-state index is 0.0312. The lowest BCUT2D eigenvalue weighted by Crippen LogP contribution is -2.58. The average Bonchev–Trinajstić information content (AvgIpc) is 2.48. The molecule has 27 heavy (non-hydrogen) atoms. The summed E-state index contributed by atoms with van der Waals surface area (Å²) in [6.07, 6.45) is -6.34. The van der Waals surface area contributed by atoms with Crippen LogP contribution in [0.1, 0.15) is 34.6 Å². The Kier molecular flexibility index (Phi) is 8.54. The number of hydrogen-bond donors (Lipinski definition) is 2. The molecular weight excluding hydrogens is 377 g/mol. The molecule has 2 amide bonds. The van der Waals surface area contributed by atoms with Crippen molar-refractivity contribution in [2.75, 3.05) is 19.7 Å². The Hall–Kier alpha value is -2.53. The molecule has 0 aromatic carbocycles. The number of carbonyl (C=O) groups is 4. The lowest BCUT2D eigenvalue weighted by Gasteiger charge is -2.30. The van der Waals surface area contributed by atoms with Crippen molar-refractivity contribution in [3.8, 4) is 0 Å². The van der Waals surface area contributed by atoms with Crippen LogP contribution < -0.4 is 10.6 Å². The van der Waals surface area contributed by atoms with E-state index in [1.165, 1.54) is 6.92 Å². The molecule has 2 N–H and O–H groups in total. The summed E-state index contributed by atoms with van der Waals surface area (Å²) in [7, 11) is 0. The van der Waals surface area contributed by atoms with Crippen LogP contribution in [0.25, 0.3) is 0 Å². The summed E-state index contributed by atoms with van der Waals surface area (Å²) in [5.74, 6) is -4.27. The van der Waals surface area contributed by atoms with Gasteiger partial charge in [0.15, 0.2) is 0 Å². The highest BCUT2D eigenvalue weighted by Crippen LogP contribution is 2.33. The number of alkyl carbamates (subject to hydrolysis) is 1. The molecule has 156 valence electrons. The summed E-state index contributed by atoms with van der Waals surface area (Å²) in [6, 6.07) is 0. The van der Waals surface area contributed by atoms with Gasteiger partial charge in [0.25, 0.3) is 11.5 Å². The molecule has 1 atom stereocenters. The number of rotatable bonds is 7. The van der Waals surface area contributed by atoms with Gasteiger partial charge in [-0.2, -0.15) is 13.2 Å². The normalized spacial score (nSPS) is 13.8. The van der Waals surface area contributed by atoms with Crippen LogP contribution in [0.5, 0.6) is 0 Å². The van der Waals surface area contributed by atoms with Crippen molar-refractivity contribution >= 4 is 23.9 Å². The van der Waals surface area contributed by atoms with Crippen LogP contribution in [0.4, 0.5) is 18.0 Å². The van der Waals surface area contributed by atoms with Gasteiger partial charge >= 0.3 is 24.2 Å². The fourth-order valence-electron chi connectivity index (χ4n) is 1.49. The third kappa shape index (κ3) is 8.60. The van der Waals surface area contributed by atoms with Crippen LogP contribution in [-0.4, -0.2) is 61.0 Å². The van der Waals surface area contributed by atoms with E-state index in [0.717, 1.165) is 0 Å². The van der Waals surface area contributed by atoms with Gasteiger partial charge in [0.2, 0.25) is 0 Å². The predicted molar refractivity (Wildman–Crippen MR) is 84.4 cm³/mol. The minimum Gasteiger partial charge on any atom is -0.465 e. The second-order valence-corrected chi connectivity index (χ2v) is 6.35. The van der Waals surface area contributed by atoms with Crippen molar-refractivity contribution in [3.63, 3.8) is 0 Å². The van der Waals surface area contributed by atoms with Crippen LogP contribution in [0.2, 0.25) is 0 Å². The molecule has 9 nitrogen and oxygen atoms in total. The average molecular weight is 400 g/mol. The molecule has 1 unspecified atom stereocenters. The molecule has 0 aromatic rings. The van der Waals surface area contributed by atoms with Gasteiger partial charge in [-0.25, -0.2) is 4.79 Å². The van der Waals surface area contributed by atoms with Crippen LogP contribution in [0, 0.1) is 0 Å². The number of halogens is 3. The summed E-state index contributed by atoms with van der Waals surface area (Å²) < 4.78 is 53.2. The van der Waals surface area contributed by atoms with Crippen molar-refractivity contribution < 1.29 is 46.6 Å². The molecule has 0 saturated carbocycles. The van der Waals surface area contributed by atoms with E-state index in [4.69, 9.17) is 4.74 Å². The van der Waals surface area contributed by atoms with Crippen LogP contribution in [0.15, 0.2) is 0 Å². The van der Waals surface area contributed by atoms with Gasteiger partial charge in [0, 0.05) is 0 Å². The van der Waals surface area contributed by atoms with Crippen molar-refractivity contribution in [1.29, 1.82) is 0 Å². The lowest BCUT2D eigenvalue weighted by molar-refractivity contribution is -0.255. The maximum absolute atomic E-state index is 13.2. The number of alkyl halides is 3. The van der Waals surface area contributed by atoms with E-state index in [1.807, 2.05) is 5.32 Å². The van der Waals surface area contributed by atoms with E-state index in [9.17, 15) is 32.3 Å². The quantitative estimate of drug-likeness (QED) is 0.484. The van der Waals surface area contributed by atoms with Crippen molar-refractivity contribution in [1.82, 2.24) is 10.6 Å². The molecule has 0 rings (SSSR count). The molecular formula is C15H23F3N2O7. The third-order valence-electron chi connectivity index (χ3n) is 2.77. The van der Waals surface area contributed by atoms with Gasteiger partial charge in [-0.3, -0.25) is 14.4 Å². The number of hydrogen-bond acceptors (Lipinski definition) is 7. The molecule has 0 radical (unpaired) electrons. The molecule has 0 aliphatic rings. The number of esters is 2. The Bertz CT molecular complexity index is 573. The maximum Gasteiger partial charge on any atom is 0.437 e. The van der Waals surface area contributed by atoms with Gasteiger partial charge in [-0.15, -0.1) is 0 Å². The lowest BCUT2D eigenvalue weighted by atomic mass is 10.1. The molecule has 0 aliphatic heterocycles. The fraction of sp³-hybridized carbons (Fsp3) is 0.733. The molecule has 0 aliphatic carbocycles. The van der Waals surface area contributed by atoms with E-state index < -0.39 is 54.4 Å². The van der Waals surface area contributed by atoms with Crippen molar-refractivity contribution in [2.24, 2.45) is 0 Å². The van der Waals surface area contributed by atoms with Gasteiger partial charge in [0.05, 0.1) is 6.61 Å². The fourth-order valence-corrected chi connectivity index (χ4v) is 1.49. The zero-order chi connectivity index (χ0) is 21.5. The van der Waals surface area contributed by atoms with Gasteiger partial charge in [-0.1, -0.05) is 0 Å². The first-order chi connectivity index (χ1) is 12.1. The highest BCUT2D eigenvalue weighted by molar-refractivity contribution is 5.91. The van der Waals surface area contributed by atoms with E-state index in [-0.39, 0.29) is 6.61 Å². The Morgan fingerprint density at radius 3 is 1.81 bits per heavy atom. The number of amides is 2. The highest BCUT2D eigenvalue weighted by atomic mass is 19.4. The number of carbonyl (C=O) groups excluding carboxylic acids is 4. The van der Waals surface area contributed by atoms with Crippen molar-refractivity contribution in [2.45, 2.75) is 52.0 Å². The van der Waals surface area contributed by atoms with Gasteiger partial charge in [-0.05, 0) is 34.6 Å².